The van der Waals surface area contributed by atoms with Gasteiger partial charge >= 0.3 is 5.97 Å². The van der Waals surface area contributed by atoms with Crippen LogP contribution in [0.4, 0.5) is 8.78 Å². The van der Waals surface area contributed by atoms with Crippen LogP contribution in [0, 0.1) is 17.0 Å². The number of carbonyl (C=O) groups is 1. The van der Waals surface area contributed by atoms with Crippen LogP contribution in [0.2, 0.25) is 0 Å². The van der Waals surface area contributed by atoms with E-state index in [9.17, 15) is 9.90 Å². The third-order valence-electron chi connectivity index (χ3n) is 7.57. The van der Waals surface area contributed by atoms with Crippen LogP contribution < -0.4 is 9.47 Å². The molecule has 39 heavy (non-hydrogen) atoms. The Morgan fingerprint density at radius 3 is 2.46 bits per heavy atom. The van der Waals surface area contributed by atoms with E-state index in [-0.39, 0.29) is 29.9 Å². The topological polar surface area (TPSA) is 55.8 Å². The van der Waals surface area contributed by atoms with Gasteiger partial charge in [0.15, 0.2) is 0 Å². The second-order valence-corrected chi connectivity index (χ2v) is 10.8. The van der Waals surface area contributed by atoms with Gasteiger partial charge < -0.3 is 14.6 Å². The highest BCUT2D eigenvalue weighted by molar-refractivity contribution is 5.85. The van der Waals surface area contributed by atoms with Crippen molar-refractivity contribution in [3.8, 4) is 22.6 Å². The molecule has 4 nitrogen and oxygen atoms in total. The Morgan fingerprint density at radius 1 is 1.00 bits per heavy atom. The van der Waals surface area contributed by atoms with Crippen LogP contribution in [-0.2, 0) is 11.4 Å². The summed E-state index contributed by atoms with van der Waals surface area (Å²) in [4.78, 5) is 11.4. The quantitative estimate of drug-likeness (QED) is 0.267. The van der Waals surface area contributed by atoms with Gasteiger partial charge in [-0.1, -0.05) is 45.4 Å². The van der Waals surface area contributed by atoms with E-state index in [2.05, 4.69) is 19.9 Å². The minimum absolute atomic E-state index is 0.0196. The van der Waals surface area contributed by atoms with Crippen LogP contribution in [0.1, 0.15) is 75.5 Å². The van der Waals surface area contributed by atoms with Crippen LogP contribution in [0.25, 0.3) is 16.7 Å². The Kier molecular flexibility index (Phi) is 8.73. The van der Waals surface area contributed by atoms with Crippen molar-refractivity contribution >= 4 is 11.5 Å². The Balaban J connectivity index is 1.70. The van der Waals surface area contributed by atoms with E-state index < -0.39 is 17.6 Å². The second kappa shape index (κ2) is 12.0. The summed E-state index contributed by atoms with van der Waals surface area (Å²) in [5, 5.41) is 9.32. The minimum Gasteiger partial charge on any atom is -0.497 e. The van der Waals surface area contributed by atoms with Crippen LogP contribution in [0.15, 0.2) is 60.7 Å². The monoisotopic (exact) mass is 534 g/mol. The maximum atomic E-state index is 15.5. The van der Waals surface area contributed by atoms with Crippen molar-refractivity contribution in [1.82, 2.24) is 0 Å². The van der Waals surface area contributed by atoms with E-state index in [0.29, 0.717) is 22.6 Å². The van der Waals surface area contributed by atoms with Crippen LogP contribution in [-0.4, -0.2) is 18.2 Å². The SMILES string of the molecule is CCC[C@H](CC(=O)O)c1cccc(OCc2cc(C3=CCCC3(C)C)c(-c3cc(OC)ccc3F)cc2F)c1. The molecule has 1 aliphatic rings. The molecule has 4 rings (SSSR count). The molecule has 6 heteroatoms. The number of carboxylic acid groups (broad SMARTS) is 1. The lowest BCUT2D eigenvalue weighted by molar-refractivity contribution is -0.137. The molecular weight excluding hydrogens is 498 g/mol. The van der Waals surface area contributed by atoms with E-state index in [1.807, 2.05) is 25.1 Å². The molecule has 206 valence electrons. The second-order valence-electron chi connectivity index (χ2n) is 10.8. The van der Waals surface area contributed by atoms with E-state index >= 15 is 8.78 Å². The van der Waals surface area contributed by atoms with Crippen LogP contribution >= 0.6 is 0 Å². The van der Waals surface area contributed by atoms with Crippen molar-refractivity contribution in [2.45, 2.75) is 65.4 Å². The van der Waals surface area contributed by atoms with E-state index in [1.54, 1.807) is 24.3 Å². The highest BCUT2D eigenvalue weighted by Gasteiger charge is 2.31. The van der Waals surface area contributed by atoms with Gasteiger partial charge in [-0.3, -0.25) is 4.79 Å². The van der Waals surface area contributed by atoms with Crippen molar-refractivity contribution < 1.29 is 28.2 Å². The molecule has 3 aromatic rings. The summed E-state index contributed by atoms with van der Waals surface area (Å²) in [6, 6.07) is 15.0. The van der Waals surface area contributed by atoms with Crippen LogP contribution in [0.5, 0.6) is 11.5 Å². The predicted molar refractivity (Wildman–Crippen MR) is 150 cm³/mol. The van der Waals surface area contributed by atoms with Gasteiger partial charge in [0, 0.05) is 11.1 Å². The number of hydrogen-bond acceptors (Lipinski definition) is 3. The minimum atomic E-state index is -0.842. The first-order valence-electron chi connectivity index (χ1n) is 13.4. The van der Waals surface area contributed by atoms with Gasteiger partial charge in [0.2, 0.25) is 0 Å². The zero-order valence-electron chi connectivity index (χ0n) is 23.0. The third-order valence-corrected chi connectivity index (χ3v) is 7.57. The third kappa shape index (κ3) is 6.49. The average molecular weight is 535 g/mol. The lowest BCUT2D eigenvalue weighted by Crippen LogP contribution is -2.11. The lowest BCUT2D eigenvalue weighted by Gasteiger charge is -2.26. The molecule has 0 spiro atoms. The summed E-state index contributed by atoms with van der Waals surface area (Å²) in [6.07, 6.45) is 5.66. The highest BCUT2D eigenvalue weighted by atomic mass is 19.1. The number of benzene rings is 3. The number of ether oxygens (including phenoxy) is 2. The zero-order valence-corrected chi connectivity index (χ0v) is 23.0. The van der Waals surface area contributed by atoms with E-state index in [4.69, 9.17) is 9.47 Å². The summed E-state index contributed by atoms with van der Waals surface area (Å²) >= 11 is 0. The number of aliphatic carboxylic acids is 1. The summed E-state index contributed by atoms with van der Waals surface area (Å²) in [6.45, 7) is 6.30. The first-order valence-corrected chi connectivity index (χ1v) is 13.4. The molecular formula is C33H36F2O4. The molecule has 0 saturated heterocycles. The van der Waals surface area contributed by atoms with Gasteiger partial charge in [-0.05, 0) is 95.3 Å². The standard InChI is InChI=1S/C33H36F2O4/c1-5-8-21(17-32(36)37)22-9-6-10-25(15-22)39-20-23-16-27(29-11-7-14-33(29,2)3)26(19-31(23)35)28-18-24(38-4)12-13-30(28)34/h6,9-13,15-16,18-19,21H,5,7-8,14,17,20H2,1-4H3,(H,36,37)/t21-/m1/s1. The normalized spacial score (nSPS) is 15.1. The largest absolute Gasteiger partial charge is 0.497 e. The Bertz CT molecular complexity index is 1380. The fraction of sp³-hybridized carbons (Fsp3) is 0.364. The Hall–Kier alpha value is -3.67. The molecule has 0 fully saturated rings. The molecule has 1 aliphatic carbocycles. The fourth-order valence-electron chi connectivity index (χ4n) is 5.44. The van der Waals surface area contributed by atoms with Crippen molar-refractivity contribution in [3.63, 3.8) is 0 Å². The molecule has 1 N–H and O–H groups in total. The predicted octanol–water partition coefficient (Wildman–Crippen LogP) is 8.78. The summed E-state index contributed by atoms with van der Waals surface area (Å²) < 4.78 is 41.9. The molecule has 0 aliphatic heterocycles. The molecule has 0 amide bonds. The maximum Gasteiger partial charge on any atom is 0.303 e. The smallest absolute Gasteiger partial charge is 0.303 e. The van der Waals surface area contributed by atoms with Gasteiger partial charge in [0.25, 0.3) is 0 Å². The van der Waals surface area contributed by atoms with Gasteiger partial charge in [0.1, 0.15) is 29.7 Å². The summed E-state index contributed by atoms with van der Waals surface area (Å²) in [5.41, 5.74) is 3.70. The number of methoxy groups -OCH3 is 1. The van der Waals surface area contributed by atoms with Gasteiger partial charge in [-0.25, -0.2) is 8.78 Å². The number of rotatable bonds is 11. The first kappa shape index (κ1) is 28.3. The van der Waals surface area contributed by atoms with Gasteiger partial charge in [-0.2, -0.15) is 0 Å². The van der Waals surface area contributed by atoms with Crippen LogP contribution in [0.3, 0.4) is 0 Å². The molecule has 0 unspecified atom stereocenters. The molecule has 1 atom stereocenters. The van der Waals surface area contributed by atoms with E-state index in [0.717, 1.165) is 42.4 Å². The Labute approximate surface area is 229 Å². The van der Waals surface area contributed by atoms with Gasteiger partial charge in [0.05, 0.1) is 13.5 Å². The van der Waals surface area contributed by atoms with Crippen molar-refractivity contribution in [1.29, 1.82) is 0 Å². The summed E-state index contributed by atoms with van der Waals surface area (Å²) in [5.74, 6) is -0.855. The number of halogens is 2. The van der Waals surface area contributed by atoms with Crippen molar-refractivity contribution in [2.24, 2.45) is 5.41 Å². The maximum absolute atomic E-state index is 15.5. The first-order chi connectivity index (χ1) is 18.6. The molecule has 0 aromatic heterocycles. The van der Waals surface area contributed by atoms with Crippen molar-refractivity contribution in [3.05, 3.63) is 89.0 Å². The zero-order chi connectivity index (χ0) is 28.2. The van der Waals surface area contributed by atoms with Gasteiger partial charge in [-0.15, -0.1) is 0 Å². The number of hydrogen-bond donors (Lipinski definition) is 1. The molecule has 0 heterocycles. The number of allylic oxidation sites excluding steroid dienone is 2. The Morgan fingerprint density at radius 2 is 1.79 bits per heavy atom. The van der Waals surface area contributed by atoms with E-state index in [1.165, 1.54) is 19.2 Å². The lowest BCUT2D eigenvalue weighted by atomic mass is 9.79. The fourth-order valence-corrected chi connectivity index (χ4v) is 5.44. The molecule has 3 aromatic carbocycles. The summed E-state index contributed by atoms with van der Waals surface area (Å²) in [7, 11) is 1.52. The number of carboxylic acids is 1. The van der Waals surface area contributed by atoms with Crippen molar-refractivity contribution in [2.75, 3.05) is 7.11 Å². The average Bonchev–Trinajstić information content (AvgIpc) is 3.26. The molecule has 0 saturated carbocycles. The molecule has 0 radical (unpaired) electrons. The highest BCUT2D eigenvalue weighted by Crippen LogP contribution is 2.48. The molecule has 0 bridgehead atoms.